The summed E-state index contributed by atoms with van der Waals surface area (Å²) in [6.45, 7) is 0.880. The lowest BCUT2D eigenvalue weighted by Crippen LogP contribution is -2.54. The number of carbonyl (C=O) groups excluding carboxylic acids is 1. The largest absolute Gasteiger partial charge is 0.485 e. The van der Waals surface area contributed by atoms with Gasteiger partial charge < -0.3 is 25.0 Å². The smallest absolute Gasteiger partial charge is 0.336 e. The number of aliphatic hydroxyl groups excluding tert-OH is 1. The van der Waals surface area contributed by atoms with Crippen LogP contribution in [0.1, 0.15) is 23.6 Å². The number of carboxylic acids is 1. The molecule has 0 aromatic heterocycles. The maximum absolute atomic E-state index is 12.0. The predicted molar refractivity (Wildman–Crippen MR) is 118 cm³/mol. The number of amides is 1. The van der Waals surface area contributed by atoms with Gasteiger partial charge in [0.1, 0.15) is 13.2 Å². The summed E-state index contributed by atoms with van der Waals surface area (Å²) in [7, 11) is 0. The van der Waals surface area contributed by atoms with E-state index in [2.05, 4.69) is 5.32 Å². The zero-order valence-corrected chi connectivity index (χ0v) is 17.7. The van der Waals surface area contributed by atoms with Gasteiger partial charge in [0.15, 0.2) is 17.0 Å². The number of ether oxygens (including phenoxy) is 2. The first-order chi connectivity index (χ1) is 15.4. The molecule has 1 amide bonds. The predicted octanol–water partition coefficient (Wildman–Crippen LogP) is 3.25. The molecule has 3 rings (SSSR count). The van der Waals surface area contributed by atoms with Gasteiger partial charge in [-0.3, -0.25) is 4.79 Å². The standard InChI is InChI=1S/C25H25NO6/c1-18(28)26-25(17-27,24(29)30)21-12-13-22(31-15-19-8-4-2-5-9-19)23(14-21)32-16-20-10-6-3-7-11-20/h2-14,27H,15-17H2,1H3,(H,26,28)(H,29,30)/t25-/m1/s1. The van der Waals surface area contributed by atoms with Crippen molar-refractivity contribution >= 4 is 11.9 Å². The lowest BCUT2D eigenvalue weighted by molar-refractivity contribution is -0.150. The fourth-order valence-corrected chi connectivity index (χ4v) is 3.22. The number of hydrogen-bond acceptors (Lipinski definition) is 5. The highest BCUT2D eigenvalue weighted by Gasteiger charge is 2.41. The van der Waals surface area contributed by atoms with Crippen molar-refractivity contribution in [2.45, 2.75) is 25.7 Å². The number of benzene rings is 3. The van der Waals surface area contributed by atoms with E-state index in [4.69, 9.17) is 9.47 Å². The van der Waals surface area contributed by atoms with E-state index in [0.717, 1.165) is 11.1 Å². The number of carboxylic acid groups (broad SMARTS) is 1. The average Bonchev–Trinajstić information content (AvgIpc) is 2.81. The second-order valence-corrected chi connectivity index (χ2v) is 7.26. The van der Waals surface area contributed by atoms with Crippen molar-refractivity contribution < 1.29 is 29.3 Å². The van der Waals surface area contributed by atoms with Crippen molar-refractivity contribution in [3.05, 3.63) is 95.6 Å². The minimum atomic E-state index is -2.01. The van der Waals surface area contributed by atoms with Crippen LogP contribution in [0.25, 0.3) is 0 Å². The summed E-state index contributed by atoms with van der Waals surface area (Å²) < 4.78 is 11.9. The van der Waals surface area contributed by atoms with Gasteiger partial charge in [0.2, 0.25) is 5.91 Å². The van der Waals surface area contributed by atoms with Crippen LogP contribution >= 0.6 is 0 Å². The Morgan fingerprint density at radius 2 is 1.38 bits per heavy atom. The van der Waals surface area contributed by atoms with Crippen LogP contribution in [0.15, 0.2) is 78.9 Å². The Balaban J connectivity index is 1.95. The van der Waals surface area contributed by atoms with Crippen molar-refractivity contribution in [1.82, 2.24) is 5.32 Å². The minimum Gasteiger partial charge on any atom is -0.485 e. The van der Waals surface area contributed by atoms with E-state index >= 15 is 0 Å². The molecule has 0 spiro atoms. The first-order valence-corrected chi connectivity index (χ1v) is 10.1. The molecule has 0 bridgehead atoms. The normalized spacial score (nSPS) is 12.4. The Morgan fingerprint density at radius 1 is 0.844 bits per heavy atom. The first-order valence-electron chi connectivity index (χ1n) is 10.1. The van der Waals surface area contributed by atoms with Crippen molar-refractivity contribution in [2.75, 3.05) is 6.61 Å². The molecule has 0 aliphatic carbocycles. The topological polar surface area (TPSA) is 105 Å². The molecule has 0 radical (unpaired) electrons. The molecule has 0 saturated carbocycles. The molecule has 7 nitrogen and oxygen atoms in total. The van der Waals surface area contributed by atoms with Crippen molar-refractivity contribution in [3.63, 3.8) is 0 Å². The van der Waals surface area contributed by atoms with Crippen molar-refractivity contribution in [1.29, 1.82) is 0 Å². The Bertz CT molecular complexity index is 1050. The van der Waals surface area contributed by atoms with E-state index in [1.54, 1.807) is 6.07 Å². The molecular weight excluding hydrogens is 410 g/mol. The molecule has 3 N–H and O–H groups in total. The molecule has 3 aromatic rings. The SMILES string of the molecule is CC(=O)N[C@@](CO)(C(=O)O)c1ccc(OCc2ccccc2)c(OCc2ccccc2)c1. The van der Waals surface area contributed by atoms with Gasteiger partial charge in [-0.1, -0.05) is 66.7 Å². The summed E-state index contributed by atoms with van der Waals surface area (Å²) in [5, 5.41) is 22.1. The molecule has 7 heteroatoms. The van der Waals surface area contributed by atoms with E-state index in [9.17, 15) is 19.8 Å². The zero-order chi connectivity index (χ0) is 23.0. The van der Waals surface area contributed by atoms with E-state index in [-0.39, 0.29) is 18.8 Å². The maximum atomic E-state index is 12.0. The van der Waals surface area contributed by atoms with Crippen molar-refractivity contribution in [3.8, 4) is 11.5 Å². The van der Waals surface area contributed by atoms with Gasteiger partial charge in [0, 0.05) is 6.92 Å². The molecule has 0 unspecified atom stereocenters. The van der Waals surface area contributed by atoms with Gasteiger partial charge in [-0.05, 0) is 28.8 Å². The van der Waals surface area contributed by atoms with E-state index in [1.165, 1.54) is 19.1 Å². The summed E-state index contributed by atoms with van der Waals surface area (Å²) in [5.41, 5.74) is 0.0339. The molecule has 166 valence electrons. The lowest BCUT2D eigenvalue weighted by atomic mass is 9.90. The number of carbonyl (C=O) groups is 2. The fraction of sp³-hybridized carbons (Fsp3) is 0.200. The fourth-order valence-electron chi connectivity index (χ4n) is 3.22. The van der Waals surface area contributed by atoms with Gasteiger partial charge >= 0.3 is 5.97 Å². The minimum absolute atomic E-state index is 0.165. The van der Waals surface area contributed by atoms with Crippen LogP contribution in [-0.2, 0) is 28.3 Å². The van der Waals surface area contributed by atoms with Crippen molar-refractivity contribution in [2.24, 2.45) is 0 Å². The van der Waals surface area contributed by atoms with E-state index in [0.29, 0.717) is 11.5 Å². The molecule has 0 aliphatic heterocycles. The molecule has 0 heterocycles. The van der Waals surface area contributed by atoms with Crippen LogP contribution in [-0.4, -0.2) is 28.7 Å². The third kappa shape index (κ3) is 5.44. The summed E-state index contributed by atoms with van der Waals surface area (Å²) in [4.78, 5) is 23.7. The van der Waals surface area contributed by atoms with Crippen LogP contribution in [0.2, 0.25) is 0 Å². The molecule has 0 saturated heterocycles. The van der Waals surface area contributed by atoms with Gasteiger partial charge in [0.05, 0.1) is 6.61 Å². The van der Waals surface area contributed by atoms with Crippen LogP contribution in [0, 0.1) is 0 Å². The number of hydrogen-bond donors (Lipinski definition) is 3. The monoisotopic (exact) mass is 435 g/mol. The Labute approximate surface area is 186 Å². The number of nitrogens with one attached hydrogen (secondary N) is 1. The maximum Gasteiger partial charge on any atom is 0.336 e. The Kier molecular flexibility index (Phi) is 7.46. The van der Waals surface area contributed by atoms with E-state index < -0.39 is 24.0 Å². The third-order valence-corrected chi connectivity index (χ3v) is 4.90. The summed E-state index contributed by atoms with van der Waals surface area (Å²) in [6, 6.07) is 23.6. The summed E-state index contributed by atoms with van der Waals surface area (Å²) >= 11 is 0. The second-order valence-electron chi connectivity index (χ2n) is 7.26. The van der Waals surface area contributed by atoms with Gasteiger partial charge in [-0.2, -0.15) is 0 Å². The molecule has 0 aliphatic rings. The zero-order valence-electron chi connectivity index (χ0n) is 17.7. The molecule has 3 aromatic carbocycles. The number of rotatable bonds is 10. The van der Waals surface area contributed by atoms with Crippen LogP contribution in [0.5, 0.6) is 11.5 Å². The highest BCUT2D eigenvalue weighted by Crippen LogP contribution is 2.34. The Hall–Kier alpha value is -3.84. The van der Waals surface area contributed by atoms with Gasteiger partial charge in [0.25, 0.3) is 0 Å². The second kappa shape index (κ2) is 10.5. The molecule has 1 atom stereocenters. The summed E-state index contributed by atoms with van der Waals surface area (Å²) in [5.74, 6) is -1.26. The number of aliphatic carboxylic acids is 1. The summed E-state index contributed by atoms with van der Waals surface area (Å²) in [6.07, 6.45) is 0. The average molecular weight is 435 g/mol. The molecule has 0 fully saturated rings. The van der Waals surface area contributed by atoms with Gasteiger partial charge in [-0.15, -0.1) is 0 Å². The number of aliphatic hydroxyl groups is 1. The highest BCUT2D eigenvalue weighted by molar-refractivity contribution is 5.87. The molecular formula is C25H25NO6. The Morgan fingerprint density at radius 3 is 1.84 bits per heavy atom. The van der Waals surface area contributed by atoms with Gasteiger partial charge in [-0.25, -0.2) is 4.79 Å². The van der Waals surface area contributed by atoms with E-state index in [1.807, 2.05) is 60.7 Å². The third-order valence-electron chi connectivity index (χ3n) is 4.90. The van der Waals surface area contributed by atoms with Crippen LogP contribution < -0.4 is 14.8 Å². The first kappa shape index (κ1) is 22.8. The van der Waals surface area contributed by atoms with Crippen LogP contribution in [0.4, 0.5) is 0 Å². The van der Waals surface area contributed by atoms with Crippen LogP contribution in [0.3, 0.4) is 0 Å². The lowest BCUT2D eigenvalue weighted by Gasteiger charge is -2.29. The molecule has 32 heavy (non-hydrogen) atoms. The quantitative estimate of drug-likeness (QED) is 0.452. The highest BCUT2D eigenvalue weighted by atomic mass is 16.5.